The van der Waals surface area contributed by atoms with E-state index in [-0.39, 0.29) is 5.91 Å². The summed E-state index contributed by atoms with van der Waals surface area (Å²) < 4.78 is 15.6. The molecule has 1 aliphatic heterocycles. The average Bonchev–Trinajstić information content (AvgIpc) is 3.20. The minimum Gasteiger partial charge on any atom is -0.468 e. The van der Waals surface area contributed by atoms with Crippen molar-refractivity contribution in [1.82, 2.24) is 5.27 Å². The minimum absolute atomic E-state index is 0.137. The molecule has 8 nitrogen and oxygen atoms in total. The van der Waals surface area contributed by atoms with Gasteiger partial charge in [-0.1, -0.05) is 0 Å². The zero-order valence-electron chi connectivity index (χ0n) is 11.9. The number of rotatable bonds is 6. The van der Waals surface area contributed by atoms with Crippen molar-refractivity contribution in [3.8, 4) is 0 Å². The molecule has 1 N–H and O–H groups in total. The molecule has 0 unspecified atom stereocenters. The van der Waals surface area contributed by atoms with E-state index in [4.69, 9.17) is 13.7 Å². The third-order valence-corrected chi connectivity index (χ3v) is 4.01. The van der Waals surface area contributed by atoms with E-state index in [0.29, 0.717) is 30.6 Å². The van der Waals surface area contributed by atoms with E-state index >= 15 is 0 Å². The Balaban J connectivity index is 1.44. The average molecular weight is 325 g/mol. The Morgan fingerprint density at radius 2 is 2.32 bits per heavy atom. The van der Waals surface area contributed by atoms with Gasteiger partial charge in [-0.15, -0.1) is 16.8 Å². The zero-order valence-corrected chi connectivity index (χ0v) is 12.8. The molecule has 118 valence electrons. The molecule has 0 aliphatic carbocycles. The number of carbonyl (C=O) groups is 1. The van der Waals surface area contributed by atoms with Crippen LogP contribution in [0.25, 0.3) is 0 Å². The van der Waals surface area contributed by atoms with E-state index in [1.165, 1.54) is 11.8 Å². The highest BCUT2D eigenvalue weighted by Gasteiger charge is 2.23. The minimum atomic E-state index is -0.137. The summed E-state index contributed by atoms with van der Waals surface area (Å²) >= 11 is 1.47. The lowest BCUT2D eigenvalue weighted by molar-refractivity contribution is -0.759. The summed E-state index contributed by atoms with van der Waals surface area (Å²) in [6.45, 7) is 2.79. The summed E-state index contributed by atoms with van der Waals surface area (Å²) in [6.07, 6.45) is 3.27. The van der Waals surface area contributed by atoms with Gasteiger partial charge in [0.1, 0.15) is 5.76 Å². The summed E-state index contributed by atoms with van der Waals surface area (Å²) in [6, 6.07) is 3.71. The van der Waals surface area contributed by atoms with E-state index in [1.54, 1.807) is 17.3 Å². The number of carbonyl (C=O) groups excluding carboxylic acids is 1. The number of nitrogens with zero attached hydrogens (tertiary/aromatic N) is 3. The SMILES string of the molecule is O=C(CSCc1ccco1)Nc1c[n+](N2CCOCC2)no1. The van der Waals surface area contributed by atoms with Crippen molar-refractivity contribution in [2.24, 2.45) is 0 Å². The summed E-state index contributed by atoms with van der Waals surface area (Å²) in [4.78, 5) is 13.4. The number of hydrogen-bond donors (Lipinski definition) is 1. The molecular weight excluding hydrogens is 308 g/mol. The van der Waals surface area contributed by atoms with Crippen LogP contribution in [0.4, 0.5) is 5.88 Å². The molecule has 0 atom stereocenters. The first-order valence-electron chi connectivity index (χ1n) is 6.93. The fourth-order valence-electron chi connectivity index (χ4n) is 2.00. The molecule has 2 aromatic heterocycles. The maximum absolute atomic E-state index is 11.8. The number of anilines is 1. The highest BCUT2D eigenvalue weighted by Crippen LogP contribution is 2.12. The van der Waals surface area contributed by atoms with Crippen molar-refractivity contribution < 1.29 is 23.3 Å². The van der Waals surface area contributed by atoms with Gasteiger partial charge in [-0.05, 0) is 12.1 Å². The molecule has 0 radical (unpaired) electrons. The third-order valence-electron chi connectivity index (χ3n) is 3.05. The first-order valence-corrected chi connectivity index (χ1v) is 8.08. The number of ether oxygens (including phenoxy) is 1. The lowest BCUT2D eigenvalue weighted by Gasteiger charge is -2.18. The summed E-state index contributed by atoms with van der Waals surface area (Å²) in [5.74, 6) is 2.02. The van der Waals surface area contributed by atoms with Gasteiger partial charge in [-0.3, -0.25) is 14.6 Å². The van der Waals surface area contributed by atoms with Gasteiger partial charge < -0.3 is 9.15 Å². The molecule has 3 rings (SSSR count). The van der Waals surface area contributed by atoms with Crippen LogP contribution in [0.15, 0.2) is 33.5 Å². The summed E-state index contributed by atoms with van der Waals surface area (Å²) in [5, 5.41) is 8.55. The molecule has 0 aromatic carbocycles. The number of morpholine rings is 1. The number of amides is 1. The van der Waals surface area contributed by atoms with Gasteiger partial charge in [0.15, 0.2) is 0 Å². The maximum Gasteiger partial charge on any atom is 0.305 e. The Hall–Kier alpha value is -2.00. The van der Waals surface area contributed by atoms with Crippen molar-refractivity contribution in [2.45, 2.75) is 5.75 Å². The molecule has 1 aliphatic rings. The number of furan rings is 1. The van der Waals surface area contributed by atoms with Crippen LogP contribution < -0.4 is 15.1 Å². The van der Waals surface area contributed by atoms with Crippen molar-refractivity contribution >= 4 is 23.6 Å². The molecule has 0 bridgehead atoms. The first kappa shape index (κ1) is 14.9. The van der Waals surface area contributed by atoms with Gasteiger partial charge in [-0.25, -0.2) is 0 Å². The van der Waals surface area contributed by atoms with Crippen LogP contribution in [0.2, 0.25) is 0 Å². The monoisotopic (exact) mass is 325 g/mol. The van der Waals surface area contributed by atoms with E-state index in [2.05, 4.69) is 10.6 Å². The third kappa shape index (κ3) is 4.01. The molecule has 1 amide bonds. The van der Waals surface area contributed by atoms with E-state index in [0.717, 1.165) is 18.8 Å². The molecule has 3 heterocycles. The molecule has 1 fully saturated rings. The van der Waals surface area contributed by atoms with Gasteiger partial charge in [0, 0.05) is 0 Å². The van der Waals surface area contributed by atoms with E-state index in [9.17, 15) is 4.79 Å². The Labute approximate surface area is 131 Å². The number of aromatic nitrogens is 2. The van der Waals surface area contributed by atoms with Crippen LogP contribution in [0.5, 0.6) is 0 Å². The predicted molar refractivity (Wildman–Crippen MR) is 79.0 cm³/mol. The van der Waals surface area contributed by atoms with Gasteiger partial charge in [0.2, 0.25) is 11.2 Å². The lowest BCUT2D eigenvalue weighted by Crippen LogP contribution is -2.62. The number of thioether (sulfide) groups is 1. The van der Waals surface area contributed by atoms with E-state index < -0.39 is 0 Å². The van der Waals surface area contributed by atoms with Gasteiger partial charge in [0.05, 0.1) is 48.9 Å². The maximum atomic E-state index is 11.8. The summed E-state index contributed by atoms with van der Waals surface area (Å²) in [7, 11) is 0. The Bertz CT molecular complexity index is 595. The standard InChI is InChI=1S/C13H16N4O4S/c18-12(10-22-9-11-2-1-5-20-11)14-13-8-17(15-21-13)16-3-6-19-7-4-16/h1-2,5,8H,3-4,6-7,9-10H2/p+1. The Morgan fingerprint density at radius 1 is 1.45 bits per heavy atom. The second-order valence-electron chi connectivity index (χ2n) is 4.67. The predicted octanol–water partition coefficient (Wildman–Crippen LogP) is 0.395. The molecule has 22 heavy (non-hydrogen) atoms. The molecule has 2 aromatic rings. The molecule has 1 saturated heterocycles. The van der Waals surface area contributed by atoms with Gasteiger partial charge >= 0.3 is 5.88 Å². The van der Waals surface area contributed by atoms with Crippen LogP contribution in [-0.4, -0.2) is 43.2 Å². The van der Waals surface area contributed by atoms with Crippen molar-refractivity contribution in [3.63, 3.8) is 0 Å². The Morgan fingerprint density at radius 3 is 3.09 bits per heavy atom. The quantitative estimate of drug-likeness (QED) is 0.769. The smallest absolute Gasteiger partial charge is 0.305 e. The van der Waals surface area contributed by atoms with Crippen molar-refractivity contribution in [1.29, 1.82) is 0 Å². The second-order valence-corrected chi connectivity index (χ2v) is 5.66. The topological polar surface area (TPSA) is 84.6 Å². The van der Waals surface area contributed by atoms with Crippen LogP contribution in [0.1, 0.15) is 5.76 Å². The highest BCUT2D eigenvalue weighted by atomic mass is 32.2. The summed E-state index contributed by atoms with van der Waals surface area (Å²) in [5.41, 5.74) is 0. The van der Waals surface area contributed by atoms with Crippen LogP contribution in [-0.2, 0) is 15.3 Å². The molecular formula is C13H17N4O4S+. The van der Waals surface area contributed by atoms with E-state index in [1.807, 2.05) is 17.1 Å². The van der Waals surface area contributed by atoms with Crippen LogP contribution in [0.3, 0.4) is 0 Å². The number of nitrogens with one attached hydrogen (secondary N) is 1. The largest absolute Gasteiger partial charge is 0.468 e. The van der Waals surface area contributed by atoms with Gasteiger partial charge in [-0.2, -0.15) is 0 Å². The second kappa shape index (κ2) is 7.32. The molecule has 0 saturated carbocycles. The van der Waals surface area contributed by atoms with Crippen LogP contribution in [0, 0.1) is 0 Å². The van der Waals surface area contributed by atoms with Crippen molar-refractivity contribution in [2.75, 3.05) is 42.4 Å². The Kier molecular flexibility index (Phi) is 4.96. The fourth-order valence-corrected chi connectivity index (χ4v) is 2.72. The van der Waals surface area contributed by atoms with Crippen LogP contribution >= 0.6 is 11.8 Å². The number of hydrogen-bond acceptors (Lipinski definition) is 7. The molecule has 9 heteroatoms. The van der Waals surface area contributed by atoms with Crippen molar-refractivity contribution in [3.05, 3.63) is 30.4 Å². The first-order chi connectivity index (χ1) is 10.8. The highest BCUT2D eigenvalue weighted by molar-refractivity contribution is 7.99. The zero-order chi connectivity index (χ0) is 15.2. The fraction of sp³-hybridized carbons (Fsp3) is 0.462. The lowest BCUT2D eigenvalue weighted by atomic mass is 10.5. The van der Waals surface area contributed by atoms with Gasteiger partial charge in [0.25, 0.3) is 6.20 Å². The molecule has 0 spiro atoms. The normalized spacial score (nSPS) is 15.0.